The zero-order valence-electron chi connectivity index (χ0n) is 21.2. The van der Waals surface area contributed by atoms with E-state index < -0.39 is 35.3 Å². The molecule has 1 atom stereocenters. The number of hydrogen-bond donors (Lipinski definition) is 3. The molecule has 4 nitrogen and oxygen atoms in total. The molecule has 0 amide bonds. The Morgan fingerprint density at radius 1 is 0.675 bits per heavy atom. The molecule has 1 aromatic heterocycles. The van der Waals surface area contributed by atoms with Crippen LogP contribution < -0.4 is 10.6 Å². The number of nitrogens with zero attached hydrogens (tertiary/aromatic N) is 1. The quantitative estimate of drug-likeness (QED) is 0.148. The summed E-state index contributed by atoms with van der Waals surface area (Å²) in [5.41, 5.74) is -0.568. The second kappa shape index (κ2) is 12.6. The molecule has 3 N–H and O–H groups in total. The Bertz CT molecular complexity index is 1320. The summed E-state index contributed by atoms with van der Waals surface area (Å²) in [5.74, 6) is 0. The highest BCUT2D eigenvalue weighted by Gasteiger charge is 2.37. The number of hydrogen-bond acceptors (Lipinski definition) is 4. The standard InChI is InChI=1S/C30H27F6N3O/c31-29(32,33)23-13-11-20(12-14-23)25-16-15-24(28(39-25)30(34,35)36)26(40)19-37-17-18-38-27(21-7-3-1-4-8-21)22-9-5-2-6-10-22/h1-16,26-27,37-38,40H,17-19H2/t26-/m1/s1. The number of aliphatic hydroxyl groups is 1. The molecule has 210 valence electrons. The number of benzene rings is 3. The average Bonchev–Trinajstić information content (AvgIpc) is 2.94. The van der Waals surface area contributed by atoms with E-state index in [1.165, 1.54) is 6.07 Å². The summed E-state index contributed by atoms with van der Waals surface area (Å²) >= 11 is 0. The highest BCUT2D eigenvalue weighted by Crippen LogP contribution is 2.36. The summed E-state index contributed by atoms with van der Waals surface area (Å²) in [6.45, 7) is 0.678. The number of nitrogens with one attached hydrogen (secondary N) is 2. The van der Waals surface area contributed by atoms with Gasteiger partial charge in [-0.05, 0) is 29.3 Å². The van der Waals surface area contributed by atoms with Crippen molar-refractivity contribution in [3.63, 3.8) is 0 Å². The minimum atomic E-state index is -4.88. The Kier molecular flexibility index (Phi) is 9.24. The van der Waals surface area contributed by atoms with Crippen molar-refractivity contribution in [3.05, 3.63) is 125 Å². The van der Waals surface area contributed by atoms with Crippen LogP contribution in [0.4, 0.5) is 26.3 Å². The summed E-state index contributed by atoms with van der Waals surface area (Å²) in [6, 6.07) is 25.6. The summed E-state index contributed by atoms with van der Waals surface area (Å²) in [4.78, 5) is 3.66. The van der Waals surface area contributed by atoms with Crippen molar-refractivity contribution in [2.24, 2.45) is 0 Å². The lowest BCUT2D eigenvalue weighted by molar-refractivity contribution is -0.142. The van der Waals surface area contributed by atoms with Gasteiger partial charge < -0.3 is 15.7 Å². The first-order valence-electron chi connectivity index (χ1n) is 12.5. The maximum absolute atomic E-state index is 13.8. The second-order valence-corrected chi connectivity index (χ2v) is 9.14. The largest absolute Gasteiger partial charge is 0.433 e. The smallest absolute Gasteiger partial charge is 0.387 e. The number of pyridine rings is 1. The number of alkyl halides is 6. The summed E-state index contributed by atoms with van der Waals surface area (Å²) in [5, 5.41) is 17.0. The molecule has 0 unspecified atom stereocenters. The first-order chi connectivity index (χ1) is 19.0. The highest BCUT2D eigenvalue weighted by molar-refractivity contribution is 5.60. The average molecular weight is 560 g/mol. The molecular weight excluding hydrogens is 532 g/mol. The molecule has 4 aromatic rings. The van der Waals surface area contributed by atoms with Gasteiger partial charge in [-0.2, -0.15) is 26.3 Å². The molecule has 1 heterocycles. The Balaban J connectivity index is 1.40. The SMILES string of the molecule is O[C@H](CNCCNC(c1ccccc1)c1ccccc1)c1ccc(-c2ccc(C(F)(F)F)cc2)nc1C(F)(F)F. The molecule has 4 rings (SSSR count). The molecule has 10 heteroatoms. The molecule has 0 aliphatic carbocycles. The minimum Gasteiger partial charge on any atom is -0.387 e. The molecular formula is C30H27F6N3O. The van der Waals surface area contributed by atoms with Gasteiger partial charge in [0.15, 0.2) is 5.69 Å². The predicted octanol–water partition coefficient (Wildman–Crippen LogP) is 6.79. The van der Waals surface area contributed by atoms with E-state index >= 15 is 0 Å². The van der Waals surface area contributed by atoms with E-state index in [4.69, 9.17) is 0 Å². The molecule has 0 fully saturated rings. The highest BCUT2D eigenvalue weighted by atomic mass is 19.4. The molecule has 0 bridgehead atoms. The van der Waals surface area contributed by atoms with E-state index in [1.54, 1.807) is 0 Å². The van der Waals surface area contributed by atoms with E-state index in [0.29, 0.717) is 13.1 Å². The van der Waals surface area contributed by atoms with Gasteiger partial charge in [0, 0.05) is 30.8 Å². The number of rotatable bonds is 10. The maximum Gasteiger partial charge on any atom is 0.433 e. The van der Waals surface area contributed by atoms with Crippen molar-refractivity contribution in [3.8, 4) is 11.3 Å². The van der Waals surface area contributed by atoms with E-state index in [9.17, 15) is 31.4 Å². The molecule has 0 aliphatic rings. The van der Waals surface area contributed by atoms with E-state index in [2.05, 4.69) is 15.6 Å². The monoisotopic (exact) mass is 559 g/mol. The molecule has 0 aliphatic heterocycles. The van der Waals surface area contributed by atoms with Gasteiger partial charge in [0.2, 0.25) is 0 Å². The van der Waals surface area contributed by atoms with Gasteiger partial charge in [0.1, 0.15) is 0 Å². The number of aromatic nitrogens is 1. The van der Waals surface area contributed by atoms with Crippen LogP contribution in [-0.4, -0.2) is 29.7 Å². The van der Waals surface area contributed by atoms with Gasteiger partial charge in [-0.15, -0.1) is 0 Å². The van der Waals surface area contributed by atoms with Crippen molar-refractivity contribution in [2.45, 2.75) is 24.5 Å². The molecule has 0 saturated heterocycles. The zero-order chi connectivity index (χ0) is 28.8. The van der Waals surface area contributed by atoms with E-state index in [0.717, 1.165) is 41.5 Å². The van der Waals surface area contributed by atoms with Crippen LogP contribution in [0.15, 0.2) is 97.1 Å². The Morgan fingerprint density at radius 3 is 1.77 bits per heavy atom. The molecule has 3 aromatic carbocycles. The summed E-state index contributed by atoms with van der Waals surface area (Å²) in [7, 11) is 0. The van der Waals surface area contributed by atoms with Crippen molar-refractivity contribution in [1.29, 1.82) is 0 Å². The molecule has 0 saturated carbocycles. The van der Waals surface area contributed by atoms with E-state index in [-0.39, 0.29) is 23.8 Å². The van der Waals surface area contributed by atoms with Gasteiger partial charge in [-0.1, -0.05) is 78.9 Å². The fourth-order valence-electron chi connectivity index (χ4n) is 4.33. The van der Waals surface area contributed by atoms with E-state index in [1.807, 2.05) is 60.7 Å². The maximum atomic E-state index is 13.8. The topological polar surface area (TPSA) is 57.2 Å². The summed E-state index contributed by atoms with van der Waals surface area (Å²) in [6.07, 6.45) is -11.0. The third-order valence-corrected chi connectivity index (χ3v) is 6.32. The van der Waals surface area contributed by atoms with Crippen molar-refractivity contribution in [1.82, 2.24) is 15.6 Å². The van der Waals surface area contributed by atoms with Crippen molar-refractivity contribution < 1.29 is 31.4 Å². The van der Waals surface area contributed by atoms with Crippen LogP contribution in [0.3, 0.4) is 0 Å². The number of halogens is 6. The van der Waals surface area contributed by atoms with Crippen LogP contribution in [0.1, 0.15) is 40.1 Å². The van der Waals surface area contributed by atoms with Gasteiger partial charge in [0.05, 0.1) is 23.4 Å². The Morgan fingerprint density at radius 2 is 1.25 bits per heavy atom. The van der Waals surface area contributed by atoms with Crippen LogP contribution in [0.2, 0.25) is 0 Å². The fraction of sp³-hybridized carbons (Fsp3) is 0.233. The van der Waals surface area contributed by atoms with Gasteiger partial charge in [-0.25, -0.2) is 4.98 Å². The van der Waals surface area contributed by atoms with Crippen LogP contribution in [0.25, 0.3) is 11.3 Å². The summed E-state index contributed by atoms with van der Waals surface area (Å²) < 4.78 is 80.0. The molecule has 40 heavy (non-hydrogen) atoms. The van der Waals surface area contributed by atoms with Crippen LogP contribution in [0, 0.1) is 0 Å². The third-order valence-electron chi connectivity index (χ3n) is 6.32. The minimum absolute atomic E-state index is 0.0899. The van der Waals surface area contributed by atoms with Crippen molar-refractivity contribution >= 4 is 0 Å². The first-order valence-corrected chi connectivity index (χ1v) is 12.5. The Hall–Kier alpha value is -3.73. The zero-order valence-corrected chi connectivity index (χ0v) is 21.2. The van der Waals surface area contributed by atoms with Crippen LogP contribution in [0.5, 0.6) is 0 Å². The van der Waals surface area contributed by atoms with Gasteiger partial charge >= 0.3 is 12.4 Å². The second-order valence-electron chi connectivity index (χ2n) is 9.14. The van der Waals surface area contributed by atoms with Gasteiger partial charge in [-0.3, -0.25) is 0 Å². The molecule has 0 radical (unpaired) electrons. The van der Waals surface area contributed by atoms with Gasteiger partial charge in [0.25, 0.3) is 0 Å². The first kappa shape index (κ1) is 29.3. The predicted molar refractivity (Wildman–Crippen MR) is 140 cm³/mol. The third kappa shape index (κ3) is 7.47. The lowest BCUT2D eigenvalue weighted by Crippen LogP contribution is -2.33. The Labute approximate surface area is 227 Å². The van der Waals surface area contributed by atoms with Crippen LogP contribution in [-0.2, 0) is 12.4 Å². The van der Waals surface area contributed by atoms with Crippen molar-refractivity contribution in [2.75, 3.05) is 19.6 Å². The lowest BCUT2D eigenvalue weighted by Gasteiger charge is -2.21. The lowest BCUT2D eigenvalue weighted by atomic mass is 9.99. The van der Waals surface area contributed by atoms with Crippen LogP contribution >= 0.6 is 0 Å². The normalized spacial score (nSPS) is 13.0. The fourth-order valence-corrected chi connectivity index (χ4v) is 4.33. The molecule has 0 spiro atoms. The number of aliphatic hydroxyl groups excluding tert-OH is 1.